The molecule has 1 aliphatic rings. The molecule has 1 fully saturated rings. The Morgan fingerprint density at radius 1 is 1.20 bits per heavy atom. The van der Waals surface area contributed by atoms with Crippen LogP contribution in [0.3, 0.4) is 0 Å². The Morgan fingerprint density at radius 3 is 2.64 bits per heavy atom. The van der Waals surface area contributed by atoms with Crippen LogP contribution in [0, 0.1) is 5.92 Å². The van der Waals surface area contributed by atoms with Gasteiger partial charge in [-0.15, -0.1) is 0 Å². The zero-order valence-corrected chi connectivity index (χ0v) is 15.1. The van der Waals surface area contributed by atoms with E-state index in [0.29, 0.717) is 11.5 Å². The van der Waals surface area contributed by atoms with E-state index in [1.807, 2.05) is 48.7 Å². The first-order valence-corrected chi connectivity index (χ1v) is 8.98. The van der Waals surface area contributed by atoms with Crippen LogP contribution in [0.1, 0.15) is 35.7 Å². The van der Waals surface area contributed by atoms with Crippen molar-refractivity contribution in [1.82, 2.24) is 14.9 Å². The van der Waals surface area contributed by atoms with E-state index in [0.717, 1.165) is 44.6 Å². The van der Waals surface area contributed by atoms with Gasteiger partial charge in [0.15, 0.2) is 0 Å². The molecule has 0 bridgehead atoms. The number of carbonyl (C=O) groups excluding carboxylic acids is 1. The van der Waals surface area contributed by atoms with Crippen molar-refractivity contribution < 1.29 is 4.79 Å². The highest BCUT2D eigenvalue weighted by molar-refractivity contribution is 5.94. The van der Waals surface area contributed by atoms with Gasteiger partial charge in [0.25, 0.3) is 5.91 Å². The molecule has 1 aliphatic heterocycles. The molecule has 5 heteroatoms. The van der Waals surface area contributed by atoms with E-state index < -0.39 is 0 Å². The molecule has 0 saturated carbocycles. The summed E-state index contributed by atoms with van der Waals surface area (Å²) in [5.41, 5.74) is 2.91. The molecule has 0 atom stereocenters. The Hall–Kier alpha value is -2.43. The van der Waals surface area contributed by atoms with Crippen LogP contribution >= 0.6 is 0 Å². The topological polar surface area (TPSA) is 49.3 Å². The van der Waals surface area contributed by atoms with Crippen LogP contribution in [-0.4, -0.2) is 47.5 Å². The van der Waals surface area contributed by atoms with Crippen LogP contribution in [0.2, 0.25) is 0 Å². The minimum Gasteiger partial charge on any atom is -0.373 e. The summed E-state index contributed by atoms with van der Waals surface area (Å²) in [4.78, 5) is 25.2. The summed E-state index contributed by atoms with van der Waals surface area (Å²) in [5, 5.41) is 0. The van der Waals surface area contributed by atoms with E-state index >= 15 is 0 Å². The maximum atomic E-state index is 12.7. The van der Waals surface area contributed by atoms with Crippen LogP contribution < -0.4 is 4.90 Å². The van der Waals surface area contributed by atoms with Crippen LogP contribution in [0.15, 0.2) is 43.0 Å². The predicted octanol–water partition coefficient (Wildman–Crippen LogP) is 3.03. The smallest absolute Gasteiger partial charge is 0.255 e. The summed E-state index contributed by atoms with van der Waals surface area (Å²) in [5.74, 6) is 0.816. The summed E-state index contributed by atoms with van der Waals surface area (Å²) in [6, 6.07) is 6.02. The summed E-state index contributed by atoms with van der Waals surface area (Å²) >= 11 is 0. The van der Waals surface area contributed by atoms with Gasteiger partial charge in [0.1, 0.15) is 0 Å². The van der Waals surface area contributed by atoms with Crippen molar-refractivity contribution in [1.29, 1.82) is 0 Å². The maximum absolute atomic E-state index is 12.7. The number of carbonyl (C=O) groups is 1. The Morgan fingerprint density at radius 2 is 1.92 bits per heavy atom. The number of rotatable bonds is 5. The second kappa shape index (κ2) is 8.10. The molecule has 1 amide bonds. The molecule has 0 spiro atoms. The lowest BCUT2D eigenvalue weighted by Gasteiger charge is -2.30. The van der Waals surface area contributed by atoms with E-state index in [2.05, 4.69) is 21.8 Å². The molecule has 0 N–H and O–H groups in total. The highest BCUT2D eigenvalue weighted by Gasteiger charge is 2.22. The average molecular weight is 338 g/mol. The number of hydrogen-bond donors (Lipinski definition) is 0. The number of hydrogen-bond acceptors (Lipinski definition) is 4. The first-order valence-electron chi connectivity index (χ1n) is 8.98. The van der Waals surface area contributed by atoms with Crippen LogP contribution in [0.5, 0.6) is 0 Å². The zero-order chi connectivity index (χ0) is 17.6. The van der Waals surface area contributed by atoms with Crippen molar-refractivity contribution in [2.45, 2.75) is 26.2 Å². The molecule has 0 aliphatic carbocycles. The third-order valence-electron chi connectivity index (χ3n) is 4.97. The number of pyridine rings is 2. The lowest BCUT2D eigenvalue weighted by atomic mass is 9.99. The molecule has 0 aromatic carbocycles. The molecule has 0 unspecified atom stereocenters. The summed E-state index contributed by atoms with van der Waals surface area (Å²) in [6.07, 6.45) is 10.2. The van der Waals surface area contributed by atoms with E-state index in [-0.39, 0.29) is 5.91 Å². The predicted molar refractivity (Wildman–Crippen MR) is 99.7 cm³/mol. The quantitative estimate of drug-likeness (QED) is 0.841. The minimum atomic E-state index is 0.101. The molecule has 3 heterocycles. The van der Waals surface area contributed by atoms with Gasteiger partial charge in [-0.2, -0.15) is 0 Å². The first kappa shape index (κ1) is 17.4. The summed E-state index contributed by atoms with van der Waals surface area (Å²) in [7, 11) is 2.04. The lowest BCUT2D eigenvalue weighted by molar-refractivity contribution is 0.0697. The monoisotopic (exact) mass is 338 g/mol. The molecule has 5 nitrogen and oxygen atoms in total. The third-order valence-corrected chi connectivity index (χ3v) is 4.97. The van der Waals surface area contributed by atoms with Crippen molar-refractivity contribution in [3.8, 4) is 0 Å². The van der Waals surface area contributed by atoms with Crippen LogP contribution in [0.4, 0.5) is 5.69 Å². The highest BCUT2D eigenvalue weighted by Crippen LogP contribution is 2.20. The second-order valence-corrected chi connectivity index (χ2v) is 6.93. The number of amides is 1. The largest absolute Gasteiger partial charge is 0.373 e. The van der Waals surface area contributed by atoms with E-state index in [1.165, 1.54) is 5.56 Å². The van der Waals surface area contributed by atoms with Crippen molar-refractivity contribution in [2.75, 3.05) is 31.6 Å². The van der Waals surface area contributed by atoms with E-state index in [4.69, 9.17) is 0 Å². The van der Waals surface area contributed by atoms with Gasteiger partial charge in [-0.1, -0.05) is 6.92 Å². The van der Waals surface area contributed by atoms with Gasteiger partial charge in [-0.05, 0) is 48.9 Å². The molecule has 1 saturated heterocycles. The van der Waals surface area contributed by atoms with Crippen molar-refractivity contribution in [3.63, 3.8) is 0 Å². The highest BCUT2D eigenvalue weighted by atomic mass is 16.2. The molecule has 0 radical (unpaired) electrons. The van der Waals surface area contributed by atoms with Gasteiger partial charge < -0.3 is 9.80 Å². The zero-order valence-electron chi connectivity index (χ0n) is 15.1. The van der Waals surface area contributed by atoms with Crippen LogP contribution in [0.25, 0.3) is 0 Å². The van der Waals surface area contributed by atoms with E-state index in [9.17, 15) is 4.79 Å². The molecule has 25 heavy (non-hydrogen) atoms. The normalized spacial score (nSPS) is 15.2. The Balaban J connectivity index is 1.63. The summed E-state index contributed by atoms with van der Waals surface area (Å²) < 4.78 is 0. The fourth-order valence-electron chi connectivity index (χ4n) is 3.12. The maximum Gasteiger partial charge on any atom is 0.255 e. The molecule has 3 rings (SSSR count). The fourth-order valence-corrected chi connectivity index (χ4v) is 3.12. The first-order chi connectivity index (χ1) is 12.1. The molecule has 2 aromatic heterocycles. The fraction of sp³-hybridized carbons (Fsp3) is 0.450. The van der Waals surface area contributed by atoms with Crippen molar-refractivity contribution in [3.05, 3.63) is 54.1 Å². The Kier molecular flexibility index (Phi) is 5.64. The Bertz CT molecular complexity index is 696. The summed E-state index contributed by atoms with van der Waals surface area (Å²) in [6.45, 7) is 4.82. The van der Waals surface area contributed by atoms with E-state index in [1.54, 1.807) is 6.20 Å². The number of piperidine rings is 1. The van der Waals surface area contributed by atoms with Crippen LogP contribution in [-0.2, 0) is 6.42 Å². The van der Waals surface area contributed by atoms with Gasteiger partial charge in [-0.25, -0.2) is 0 Å². The number of nitrogens with zero attached hydrogens (tertiary/aromatic N) is 4. The van der Waals surface area contributed by atoms with Gasteiger partial charge in [0, 0.05) is 45.3 Å². The number of anilines is 1. The number of aromatic nitrogens is 2. The number of likely N-dealkylation sites (N-methyl/N-ethyl adjacent to an activating group) is 1. The Labute approximate surface area is 149 Å². The average Bonchev–Trinajstić information content (AvgIpc) is 2.67. The van der Waals surface area contributed by atoms with Crippen molar-refractivity contribution in [2.24, 2.45) is 5.92 Å². The van der Waals surface area contributed by atoms with Gasteiger partial charge in [0.2, 0.25) is 0 Å². The van der Waals surface area contributed by atoms with Crippen molar-refractivity contribution >= 4 is 11.6 Å². The minimum absolute atomic E-state index is 0.101. The number of likely N-dealkylation sites (tertiary alicyclic amines) is 1. The molecular formula is C20H26N4O. The standard InChI is InChI=1S/C20H26N4O/c1-16-5-11-24(12-6-16)20(25)18-13-19(15-22-14-18)23(2)10-7-17-3-8-21-9-4-17/h3-4,8-9,13-16H,5-7,10-12H2,1-2H3. The second-order valence-electron chi connectivity index (χ2n) is 6.93. The lowest BCUT2D eigenvalue weighted by Crippen LogP contribution is -2.38. The third kappa shape index (κ3) is 4.56. The molecular weight excluding hydrogens is 312 g/mol. The molecule has 2 aromatic rings. The molecule has 132 valence electrons. The van der Waals surface area contributed by atoms with Gasteiger partial charge >= 0.3 is 0 Å². The van der Waals surface area contributed by atoms with Gasteiger partial charge in [-0.3, -0.25) is 14.8 Å². The van der Waals surface area contributed by atoms with Gasteiger partial charge in [0.05, 0.1) is 17.4 Å². The SMILES string of the molecule is CC1CCN(C(=O)c2cncc(N(C)CCc3ccncc3)c2)CC1.